The van der Waals surface area contributed by atoms with E-state index in [1.165, 1.54) is 37.1 Å². The Labute approximate surface area is 179 Å². The number of hydrogen-bond acceptors (Lipinski definition) is 5. The first-order valence-electron chi connectivity index (χ1n) is 11.1. The van der Waals surface area contributed by atoms with Crippen LogP contribution in [0.4, 0.5) is 17.1 Å². The number of thiocarbonyl (C=S) groups is 1. The van der Waals surface area contributed by atoms with E-state index in [4.69, 9.17) is 21.7 Å². The molecule has 29 heavy (non-hydrogen) atoms. The normalized spacial score (nSPS) is 25.6. The minimum atomic E-state index is 0.475. The van der Waals surface area contributed by atoms with E-state index in [2.05, 4.69) is 45.6 Å². The predicted molar refractivity (Wildman–Crippen MR) is 123 cm³/mol. The molecule has 2 aliphatic heterocycles. The minimum Gasteiger partial charge on any atom is -0.378 e. The lowest BCUT2D eigenvalue weighted by Crippen LogP contribution is -2.43. The number of nitrogens with one attached hydrogen (secondary N) is 2. The first kappa shape index (κ1) is 20.7. The van der Waals surface area contributed by atoms with Crippen molar-refractivity contribution in [3.63, 3.8) is 0 Å². The minimum absolute atomic E-state index is 0.475. The fourth-order valence-electron chi connectivity index (χ4n) is 4.57. The lowest BCUT2D eigenvalue weighted by atomic mass is 9.86. The third-order valence-electron chi connectivity index (χ3n) is 6.39. The van der Waals surface area contributed by atoms with Crippen LogP contribution in [-0.4, -0.2) is 63.8 Å². The second-order valence-corrected chi connectivity index (χ2v) is 8.78. The summed E-state index contributed by atoms with van der Waals surface area (Å²) in [5.41, 5.74) is 3.53. The maximum Gasteiger partial charge on any atom is 0.171 e. The SMILES string of the molecule is C[C@@H]1CCCC[C@@H]1NC(=S)Nc1ccc(N2CCOCC2)cc1N1CCOCC1. The molecule has 0 aromatic heterocycles. The molecule has 2 saturated heterocycles. The molecule has 2 heterocycles. The van der Waals surface area contributed by atoms with Crippen LogP contribution in [0.3, 0.4) is 0 Å². The number of anilines is 3. The summed E-state index contributed by atoms with van der Waals surface area (Å²) in [5, 5.41) is 7.81. The fourth-order valence-corrected chi connectivity index (χ4v) is 4.83. The van der Waals surface area contributed by atoms with Gasteiger partial charge in [0.2, 0.25) is 0 Å². The van der Waals surface area contributed by atoms with Gasteiger partial charge in [-0.25, -0.2) is 0 Å². The Hall–Kier alpha value is -1.57. The van der Waals surface area contributed by atoms with Crippen molar-refractivity contribution in [1.82, 2.24) is 5.32 Å². The number of nitrogens with zero attached hydrogens (tertiary/aromatic N) is 2. The molecule has 0 radical (unpaired) electrons. The van der Waals surface area contributed by atoms with E-state index in [-0.39, 0.29) is 0 Å². The molecular weight excluding hydrogens is 384 g/mol. The second-order valence-electron chi connectivity index (χ2n) is 8.37. The largest absolute Gasteiger partial charge is 0.378 e. The van der Waals surface area contributed by atoms with Gasteiger partial charge in [0.05, 0.1) is 37.8 Å². The Balaban J connectivity index is 1.50. The van der Waals surface area contributed by atoms with Crippen LogP contribution in [0.2, 0.25) is 0 Å². The Morgan fingerprint density at radius 1 is 0.966 bits per heavy atom. The molecule has 0 bridgehead atoms. The second kappa shape index (κ2) is 9.96. The Bertz CT molecular complexity index is 689. The molecule has 3 fully saturated rings. The highest BCUT2D eigenvalue weighted by Crippen LogP contribution is 2.32. The smallest absolute Gasteiger partial charge is 0.171 e. The highest BCUT2D eigenvalue weighted by atomic mass is 32.1. The van der Waals surface area contributed by atoms with Gasteiger partial charge in [-0.1, -0.05) is 19.8 Å². The summed E-state index contributed by atoms with van der Waals surface area (Å²) in [6.45, 7) is 9.13. The summed E-state index contributed by atoms with van der Waals surface area (Å²) >= 11 is 5.70. The van der Waals surface area contributed by atoms with E-state index in [0.717, 1.165) is 63.4 Å². The molecule has 4 rings (SSSR count). The highest BCUT2D eigenvalue weighted by molar-refractivity contribution is 7.80. The maximum atomic E-state index is 5.70. The molecule has 1 aliphatic carbocycles. The van der Waals surface area contributed by atoms with Crippen LogP contribution in [0.5, 0.6) is 0 Å². The zero-order valence-electron chi connectivity index (χ0n) is 17.5. The van der Waals surface area contributed by atoms with Gasteiger partial charge in [-0.3, -0.25) is 0 Å². The molecule has 7 heteroatoms. The van der Waals surface area contributed by atoms with Gasteiger partial charge >= 0.3 is 0 Å². The standard InChI is InChI=1S/C22H34N4O2S/c1-17-4-2-3-5-19(17)23-22(29)24-20-7-6-18(25-8-12-27-13-9-25)16-21(20)26-10-14-28-15-11-26/h6-7,16-17,19H,2-5,8-15H2,1H3,(H2,23,24,29)/t17-,19+/m1/s1. The third-order valence-corrected chi connectivity index (χ3v) is 6.61. The van der Waals surface area contributed by atoms with Crippen molar-refractivity contribution in [2.45, 2.75) is 38.6 Å². The van der Waals surface area contributed by atoms with E-state index in [1.807, 2.05) is 0 Å². The molecule has 6 nitrogen and oxygen atoms in total. The Morgan fingerprint density at radius 3 is 2.31 bits per heavy atom. The van der Waals surface area contributed by atoms with Crippen LogP contribution < -0.4 is 20.4 Å². The van der Waals surface area contributed by atoms with Crippen LogP contribution in [0.25, 0.3) is 0 Å². The van der Waals surface area contributed by atoms with Crippen molar-refractivity contribution < 1.29 is 9.47 Å². The van der Waals surface area contributed by atoms with E-state index < -0.39 is 0 Å². The van der Waals surface area contributed by atoms with Gasteiger partial charge in [-0.2, -0.15) is 0 Å². The average Bonchev–Trinajstić information content (AvgIpc) is 2.77. The fraction of sp³-hybridized carbons (Fsp3) is 0.682. The number of morpholine rings is 2. The topological polar surface area (TPSA) is 49.0 Å². The first-order chi connectivity index (χ1) is 14.2. The summed E-state index contributed by atoms with van der Waals surface area (Å²) in [6.07, 6.45) is 5.12. The number of benzene rings is 1. The maximum absolute atomic E-state index is 5.70. The predicted octanol–water partition coefficient (Wildman–Crippen LogP) is 3.22. The van der Waals surface area contributed by atoms with Crippen LogP contribution in [-0.2, 0) is 9.47 Å². The van der Waals surface area contributed by atoms with Gasteiger partial charge in [-0.05, 0) is 49.2 Å². The van der Waals surface area contributed by atoms with E-state index in [0.29, 0.717) is 12.0 Å². The number of hydrogen-bond donors (Lipinski definition) is 2. The van der Waals surface area contributed by atoms with Gasteiger partial charge in [0.1, 0.15) is 0 Å². The summed E-state index contributed by atoms with van der Waals surface area (Å²) in [4.78, 5) is 4.80. The zero-order valence-corrected chi connectivity index (χ0v) is 18.3. The molecule has 160 valence electrons. The van der Waals surface area contributed by atoms with Gasteiger partial charge in [-0.15, -0.1) is 0 Å². The summed E-state index contributed by atoms with van der Waals surface area (Å²) in [6, 6.07) is 7.14. The highest BCUT2D eigenvalue weighted by Gasteiger charge is 2.23. The molecule has 0 spiro atoms. The number of ether oxygens (including phenoxy) is 2. The summed E-state index contributed by atoms with van der Waals surface area (Å²) in [7, 11) is 0. The molecule has 2 N–H and O–H groups in total. The average molecular weight is 419 g/mol. The first-order valence-corrected chi connectivity index (χ1v) is 11.5. The molecule has 1 aromatic carbocycles. The van der Waals surface area contributed by atoms with Crippen LogP contribution >= 0.6 is 12.2 Å². The van der Waals surface area contributed by atoms with Crippen molar-refractivity contribution in [3.05, 3.63) is 18.2 Å². The number of rotatable bonds is 4. The van der Waals surface area contributed by atoms with Crippen molar-refractivity contribution in [2.75, 3.05) is 67.7 Å². The Morgan fingerprint density at radius 2 is 1.62 bits per heavy atom. The summed E-state index contributed by atoms with van der Waals surface area (Å²) in [5.74, 6) is 0.672. The van der Waals surface area contributed by atoms with E-state index in [1.54, 1.807) is 0 Å². The van der Waals surface area contributed by atoms with Crippen LogP contribution in [0, 0.1) is 5.92 Å². The quantitative estimate of drug-likeness (QED) is 0.728. The van der Waals surface area contributed by atoms with E-state index >= 15 is 0 Å². The van der Waals surface area contributed by atoms with Crippen molar-refractivity contribution in [2.24, 2.45) is 5.92 Å². The lowest BCUT2D eigenvalue weighted by molar-refractivity contribution is 0.122. The van der Waals surface area contributed by atoms with Crippen LogP contribution in [0.15, 0.2) is 18.2 Å². The molecular formula is C22H34N4O2S. The van der Waals surface area contributed by atoms with Crippen molar-refractivity contribution in [3.8, 4) is 0 Å². The van der Waals surface area contributed by atoms with Crippen LogP contribution in [0.1, 0.15) is 32.6 Å². The van der Waals surface area contributed by atoms with Gasteiger partial charge in [0, 0.05) is 37.9 Å². The molecule has 2 atom stereocenters. The monoisotopic (exact) mass is 418 g/mol. The molecule has 3 aliphatic rings. The lowest BCUT2D eigenvalue weighted by Gasteiger charge is -2.34. The van der Waals surface area contributed by atoms with Gasteiger partial charge in [0.15, 0.2) is 5.11 Å². The molecule has 1 saturated carbocycles. The summed E-state index contributed by atoms with van der Waals surface area (Å²) < 4.78 is 11.1. The van der Waals surface area contributed by atoms with Gasteiger partial charge < -0.3 is 29.9 Å². The molecule has 1 aromatic rings. The molecule has 0 unspecified atom stereocenters. The Kier molecular flexibility index (Phi) is 7.11. The van der Waals surface area contributed by atoms with E-state index in [9.17, 15) is 0 Å². The van der Waals surface area contributed by atoms with Gasteiger partial charge in [0.25, 0.3) is 0 Å². The zero-order chi connectivity index (χ0) is 20.1. The third kappa shape index (κ3) is 5.32. The van der Waals surface area contributed by atoms with Crippen molar-refractivity contribution in [1.29, 1.82) is 0 Å². The van der Waals surface area contributed by atoms with Crippen molar-refractivity contribution >= 4 is 34.4 Å². The molecule has 0 amide bonds.